The van der Waals surface area contributed by atoms with Crippen LogP contribution in [0.1, 0.15) is 25.7 Å². The third-order valence-electron chi connectivity index (χ3n) is 4.51. The molecule has 3 N–H and O–H groups in total. The van der Waals surface area contributed by atoms with Crippen LogP contribution < -0.4 is 15.8 Å². The quantitative estimate of drug-likeness (QED) is 0.755. The van der Waals surface area contributed by atoms with Crippen molar-refractivity contribution in [1.29, 1.82) is 0 Å². The minimum absolute atomic E-state index is 0.208. The highest BCUT2D eigenvalue weighted by Gasteiger charge is 2.18. The molecule has 0 amide bonds. The Balaban J connectivity index is 1.75. The topological polar surface area (TPSA) is 98.8 Å². The lowest BCUT2D eigenvalue weighted by Gasteiger charge is -2.14. The molecule has 4 rings (SSSR count). The summed E-state index contributed by atoms with van der Waals surface area (Å²) in [6, 6.07) is 8.12. The summed E-state index contributed by atoms with van der Waals surface area (Å²) < 4.78 is 5.20. The second-order valence-corrected chi connectivity index (χ2v) is 6.21. The zero-order valence-electron chi connectivity index (χ0n) is 14.1. The molecule has 0 aliphatic heterocycles. The van der Waals surface area contributed by atoms with Crippen molar-refractivity contribution in [2.75, 3.05) is 18.2 Å². The predicted molar refractivity (Wildman–Crippen MR) is 97.4 cm³/mol. The molecule has 0 unspecified atom stereocenters. The van der Waals surface area contributed by atoms with Gasteiger partial charge in [-0.05, 0) is 37.1 Å². The van der Waals surface area contributed by atoms with Gasteiger partial charge in [-0.3, -0.25) is 0 Å². The molecule has 1 aromatic carbocycles. The maximum atomic E-state index is 5.84. The Morgan fingerprint density at radius 1 is 1.08 bits per heavy atom. The number of aromatic nitrogens is 4. The second kappa shape index (κ2) is 6.51. The van der Waals surface area contributed by atoms with Gasteiger partial charge in [-0.25, -0.2) is 9.97 Å². The van der Waals surface area contributed by atoms with E-state index < -0.39 is 0 Å². The molecule has 7 nitrogen and oxygen atoms in total. The van der Waals surface area contributed by atoms with Crippen LogP contribution in [0.5, 0.6) is 5.75 Å². The molecule has 0 bridgehead atoms. The van der Waals surface area contributed by atoms with Crippen LogP contribution in [0.2, 0.25) is 0 Å². The standard InChI is InChI=1S/C18H20N6O/c1-25-13-8-6-11(7-9-13)14-10-20-16-15(22-14)17(24-18(19)23-16)21-12-4-2-3-5-12/h6-10,12H,2-5H2,1H3,(H3,19,20,21,23,24). The Labute approximate surface area is 145 Å². The van der Waals surface area contributed by atoms with Crippen LogP contribution in [0.25, 0.3) is 22.4 Å². The molecule has 1 saturated carbocycles. The zero-order valence-corrected chi connectivity index (χ0v) is 14.1. The summed E-state index contributed by atoms with van der Waals surface area (Å²) in [4.78, 5) is 17.7. The van der Waals surface area contributed by atoms with E-state index in [4.69, 9.17) is 15.5 Å². The zero-order chi connectivity index (χ0) is 17.2. The monoisotopic (exact) mass is 336 g/mol. The highest BCUT2D eigenvalue weighted by atomic mass is 16.5. The Bertz CT molecular complexity index is 890. The van der Waals surface area contributed by atoms with E-state index in [1.807, 2.05) is 24.3 Å². The summed E-state index contributed by atoms with van der Waals surface area (Å²) in [6.07, 6.45) is 6.45. The van der Waals surface area contributed by atoms with Gasteiger partial charge in [-0.2, -0.15) is 9.97 Å². The van der Waals surface area contributed by atoms with E-state index in [2.05, 4.69) is 20.3 Å². The van der Waals surface area contributed by atoms with Crippen LogP contribution in [0.3, 0.4) is 0 Å². The predicted octanol–water partition coefficient (Wildman–Crippen LogP) is 3.03. The Morgan fingerprint density at radius 2 is 1.84 bits per heavy atom. The number of nitrogen functional groups attached to an aromatic ring is 1. The van der Waals surface area contributed by atoms with E-state index in [1.54, 1.807) is 13.3 Å². The van der Waals surface area contributed by atoms with Crippen LogP contribution in [0, 0.1) is 0 Å². The van der Waals surface area contributed by atoms with Gasteiger partial charge in [0.2, 0.25) is 5.95 Å². The largest absolute Gasteiger partial charge is 0.497 e. The summed E-state index contributed by atoms with van der Waals surface area (Å²) in [6.45, 7) is 0. The van der Waals surface area contributed by atoms with Crippen LogP contribution in [0.4, 0.5) is 11.8 Å². The smallest absolute Gasteiger partial charge is 0.224 e. The number of hydrogen-bond donors (Lipinski definition) is 2. The fourth-order valence-corrected chi connectivity index (χ4v) is 3.19. The first-order valence-electron chi connectivity index (χ1n) is 8.44. The van der Waals surface area contributed by atoms with Gasteiger partial charge < -0.3 is 15.8 Å². The normalized spacial score (nSPS) is 14.8. The van der Waals surface area contributed by atoms with E-state index >= 15 is 0 Å². The number of methoxy groups -OCH3 is 1. The molecule has 0 atom stereocenters. The van der Waals surface area contributed by atoms with Crippen molar-refractivity contribution in [3.63, 3.8) is 0 Å². The fraction of sp³-hybridized carbons (Fsp3) is 0.333. The Hall–Kier alpha value is -2.96. The van der Waals surface area contributed by atoms with Crippen LogP contribution >= 0.6 is 0 Å². The van der Waals surface area contributed by atoms with Crippen molar-refractivity contribution in [2.45, 2.75) is 31.7 Å². The van der Waals surface area contributed by atoms with Gasteiger partial charge in [0.25, 0.3) is 0 Å². The molecule has 0 radical (unpaired) electrons. The average Bonchev–Trinajstić information content (AvgIpc) is 3.14. The average molecular weight is 336 g/mol. The Kier molecular flexibility index (Phi) is 4.05. The van der Waals surface area contributed by atoms with E-state index in [-0.39, 0.29) is 5.95 Å². The van der Waals surface area contributed by atoms with Gasteiger partial charge in [0.1, 0.15) is 5.75 Å². The molecule has 2 heterocycles. The van der Waals surface area contributed by atoms with Crippen molar-refractivity contribution in [3.8, 4) is 17.0 Å². The van der Waals surface area contributed by atoms with Gasteiger partial charge in [-0.15, -0.1) is 0 Å². The highest BCUT2D eigenvalue weighted by Crippen LogP contribution is 2.27. The minimum Gasteiger partial charge on any atom is -0.497 e. The van der Waals surface area contributed by atoms with Gasteiger partial charge in [0, 0.05) is 11.6 Å². The molecule has 7 heteroatoms. The molecule has 1 aliphatic rings. The van der Waals surface area contributed by atoms with Crippen molar-refractivity contribution < 1.29 is 4.74 Å². The van der Waals surface area contributed by atoms with Crippen molar-refractivity contribution >= 4 is 22.9 Å². The van der Waals surface area contributed by atoms with Crippen LogP contribution in [0.15, 0.2) is 30.5 Å². The molecular weight excluding hydrogens is 316 g/mol. The summed E-state index contributed by atoms with van der Waals surface area (Å²) in [5, 5.41) is 3.47. The first kappa shape index (κ1) is 15.6. The Morgan fingerprint density at radius 3 is 2.56 bits per heavy atom. The van der Waals surface area contributed by atoms with Crippen molar-refractivity contribution in [2.24, 2.45) is 0 Å². The number of nitrogens with one attached hydrogen (secondary N) is 1. The number of fused-ring (bicyclic) bond motifs is 1. The van der Waals surface area contributed by atoms with E-state index in [0.717, 1.165) is 29.8 Å². The van der Waals surface area contributed by atoms with Gasteiger partial charge in [0.15, 0.2) is 17.0 Å². The van der Waals surface area contributed by atoms with Crippen molar-refractivity contribution in [1.82, 2.24) is 19.9 Å². The molecule has 25 heavy (non-hydrogen) atoms. The third-order valence-corrected chi connectivity index (χ3v) is 4.51. The van der Waals surface area contributed by atoms with E-state index in [1.165, 1.54) is 12.8 Å². The second-order valence-electron chi connectivity index (χ2n) is 6.21. The lowest BCUT2D eigenvalue weighted by molar-refractivity contribution is 0.415. The number of benzene rings is 1. The molecule has 0 saturated heterocycles. The lowest BCUT2D eigenvalue weighted by atomic mass is 10.1. The number of nitrogens with two attached hydrogens (primary N) is 1. The molecule has 128 valence electrons. The van der Waals surface area contributed by atoms with Crippen molar-refractivity contribution in [3.05, 3.63) is 30.5 Å². The summed E-state index contributed by atoms with van der Waals surface area (Å²) >= 11 is 0. The third kappa shape index (κ3) is 3.17. The molecular formula is C18H20N6O. The summed E-state index contributed by atoms with van der Waals surface area (Å²) in [7, 11) is 1.65. The summed E-state index contributed by atoms with van der Waals surface area (Å²) in [5.41, 5.74) is 8.71. The first-order valence-corrected chi connectivity index (χ1v) is 8.44. The van der Waals surface area contributed by atoms with Gasteiger partial charge in [-0.1, -0.05) is 12.8 Å². The van der Waals surface area contributed by atoms with E-state index in [0.29, 0.717) is 23.0 Å². The van der Waals surface area contributed by atoms with Gasteiger partial charge in [0.05, 0.1) is 19.0 Å². The molecule has 1 aliphatic carbocycles. The number of ether oxygens (including phenoxy) is 1. The number of anilines is 2. The number of nitrogens with zero attached hydrogens (tertiary/aromatic N) is 4. The van der Waals surface area contributed by atoms with Crippen LogP contribution in [-0.2, 0) is 0 Å². The van der Waals surface area contributed by atoms with Gasteiger partial charge >= 0.3 is 0 Å². The molecule has 3 aromatic rings. The SMILES string of the molecule is COc1ccc(-c2cnc3nc(N)nc(NC4CCCC4)c3n2)cc1. The fourth-order valence-electron chi connectivity index (χ4n) is 3.19. The highest BCUT2D eigenvalue weighted by molar-refractivity contribution is 5.85. The minimum atomic E-state index is 0.208. The molecule has 2 aromatic heterocycles. The van der Waals surface area contributed by atoms with Crippen LogP contribution in [-0.4, -0.2) is 33.1 Å². The van der Waals surface area contributed by atoms with E-state index in [9.17, 15) is 0 Å². The molecule has 0 spiro atoms. The summed E-state index contributed by atoms with van der Waals surface area (Å²) in [5.74, 6) is 1.67. The number of hydrogen-bond acceptors (Lipinski definition) is 7. The maximum absolute atomic E-state index is 5.84. The lowest BCUT2D eigenvalue weighted by Crippen LogP contribution is -2.17. The molecule has 1 fully saturated rings. The first-order chi connectivity index (χ1) is 12.2. The number of rotatable bonds is 4. The maximum Gasteiger partial charge on any atom is 0.224 e.